The standard InChI is InChI=1S/C29H30N6O3S/c36-28(33-19-17-32(18-20-33)25-11-13-26(14-12-25)35(37)38)15-16-34(22-24-9-5-2-6-10-24)29-30-27(31-39-29)21-23-7-3-1-4-8-23/h1-14H,15-22H2. The summed E-state index contributed by atoms with van der Waals surface area (Å²) in [6.07, 6.45) is 1.06. The molecule has 200 valence electrons. The van der Waals surface area contributed by atoms with E-state index < -0.39 is 4.92 Å². The van der Waals surface area contributed by atoms with Crippen molar-refractivity contribution in [2.75, 3.05) is 42.5 Å². The maximum atomic E-state index is 13.2. The van der Waals surface area contributed by atoms with Crippen LogP contribution in [0.4, 0.5) is 16.5 Å². The van der Waals surface area contributed by atoms with Crippen LogP contribution >= 0.6 is 11.5 Å². The van der Waals surface area contributed by atoms with Crippen molar-refractivity contribution in [1.82, 2.24) is 14.3 Å². The first-order valence-electron chi connectivity index (χ1n) is 13.0. The first kappa shape index (κ1) is 26.3. The Morgan fingerprint density at radius 2 is 1.54 bits per heavy atom. The van der Waals surface area contributed by atoms with Crippen LogP contribution in [0.5, 0.6) is 0 Å². The smallest absolute Gasteiger partial charge is 0.269 e. The van der Waals surface area contributed by atoms with E-state index in [0.717, 1.165) is 22.2 Å². The largest absolute Gasteiger partial charge is 0.368 e. The zero-order valence-corrected chi connectivity index (χ0v) is 22.4. The molecule has 3 aromatic carbocycles. The Balaban J connectivity index is 1.19. The van der Waals surface area contributed by atoms with Crippen molar-refractivity contribution in [2.45, 2.75) is 19.4 Å². The van der Waals surface area contributed by atoms with Gasteiger partial charge in [0.1, 0.15) is 5.82 Å². The molecule has 1 fully saturated rings. The van der Waals surface area contributed by atoms with Gasteiger partial charge >= 0.3 is 0 Å². The second-order valence-electron chi connectivity index (χ2n) is 9.45. The number of benzene rings is 3. The third kappa shape index (κ3) is 6.97. The minimum absolute atomic E-state index is 0.0789. The maximum absolute atomic E-state index is 13.2. The fourth-order valence-electron chi connectivity index (χ4n) is 4.66. The number of nitro benzene ring substituents is 1. The molecule has 10 heteroatoms. The van der Waals surface area contributed by atoms with Gasteiger partial charge in [0.25, 0.3) is 5.69 Å². The van der Waals surface area contributed by atoms with Crippen LogP contribution in [0.2, 0.25) is 0 Å². The van der Waals surface area contributed by atoms with E-state index in [1.807, 2.05) is 41.3 Å². The number of carbonyl (C=O) groups excluding carboxylic acids is 1. The highest BCUT2D eigenvalue weighted by Crippen LogP contribution is 2.23. The van der Waals surface area contributed by atoms with Crippen LogP contribution in [0.25, 0.3) is 0 Å². The summed E-state index contributed by atoms with van der Waals surface area (Å²) in [6, 6.07) is 26.9. The molecule has 1 aliphatic rings. The Morgan fingerprint density at radius 3 is 2.18 bits per heavy atom. The minimum atomic E-state index is -0.396. The lowest BCUT2D eigenvalue weighted by Gasteiger charge is -2.36. The molecule has 0 N–H and O–H groups in total. The number of piperazine rings is 1. The van der Waals surface area contributed by atoms with Crippen molar-refractivity contribution >= 4 is 33.9 Å². The van der Waals surface area contributed by atoms with Gasteiger partial charge in [-0.25, -0.2) is 4.98 Å². The van der Waals surface area contributed by atoms with Gasteiger partial charge in [-0.1, -0.05) is 60.7 Å². The van der Waals surface area contributed by atoms with Crippen LogP contribution in [0.1, 0.15) is 23.4 Å². The molecule has 4 aromatic rings. The maximum Gasteiger partial charge on any atom is 0.269 e. The Bertz CT molecular complexity index is 1370. The van der Waals surface area contributed by atoms with Crippen LogP contribution in [0.15, 0.2) is 84.9 Å². The van der Waals surface area contributed by atoms with Gasteiger partial charge in [-0.3, -0.25) is 14.9 Å². The Kier molecular flexibility index (Phi) is 8.42. The van der Waals surface area contributed by atoms with Gasteiger partial charge in [0, 0.05) is 81.5 Å². The molecule has 2 heterocycles. The van der Waals surface area contributed by atoms with Crippen molar-refractivity contribution in [3.05, 3.63) is 112 Å². The first-order valence-corrected chi connectivity index (χ1v) is 13.7. The fourth-order valence-corrected chi connectivity index (χ4v) is 5.37. The van der Waals surface area contributed by atoms with Crippen LogP contribution in [-0.4, -0.2) is 57.8 Å². The summed E-state index contributed by atoms with van der Waals surface area (Å²) in [7, 11) is 0. The number of hydrogen-bond acceptors (Lipinski definition) is 8. The van der Waals surface area contributed by atoms with Crippen molar-refractivity contribution in [1.29, 1.82) is 0 Å². The van der Waals surface area contributed by atoms with Crippen LogP contribution in [-0.2, 0) is 17.8 Å². The number of rotatable bonds is 10. The lowest BCUT2D eigenvalue weighted by molar-refractivity contribution is -0.384. The molecule has 5 rings (SSSR count). The van der Waals surface area contributed by atoms with Gasteiger partial charge in [-0.2, -0.15) is 4.37 Å². The number of amides is 1. The molecular weight excluding hydrogens is 512 g/mol. The van der Waals surface area contributed by atoms with Gasteiger partial charge < -0.3 is 14.7 Å². The lowest BCUT2D eigenvalue weighted by atomic mass is 10.1. The van der Waals surface area contributed by atoms with Crippen molar-refractivity contribution in [2.24, 2.45) is 0 Å². The van der Waals surface area contributed by atoms with Gasteiger partial charge in [0.2, 0.25) is 11.0 Å². The quantitative estimate of drug-likeness (QED) is 0.210. The fraction of sp³-hybridized carbons (Fsp3) is 0.276. The minimum Gasteiger partial charge on any atom is -0.368 e. The summed E-state index contributed by atoms with van der Waals surface area (Å²) in [5.74, 6) is 0.901. The average molecular weight is 543 g/mol. The first-order chi connectivity index (χ1) is 19.0. The topological polar surface area (TPSA) is 95.7 Å². The third-order valence-electron chi connectivity index (χ3n) is 6.80. The SMILES string of the molecule is O=C(CCN(Cc1ccccc1)c1nc(Cc2ccccc2)ns1)N1CCN(c2ccc([N+](=O)[O-])cc2)CC1. The Hall–Kier alpha value is -4.31. The van der Waals surface area contributed by atoms with E-state index in [1.165, 1.54) is 29.2 Å². The molecule has 0 saturated carbocycles. The van der Waals surface area contributed by atoms with E-state index in [2.05, 4.69) is 38.4 Å². The van der Waals surface area contributed by atoms with Crippen molar-refractivity contribution in [3.8, 4) is 0 Å². The molecule has 1 saturated heterocycles. The summed E-state index contributed by atoms with van der Waals surface area (Å²) < 4.78 is 4.59. The summed E-state index contributed by atoms with van der Waals surface area (Å²) in [6.45, 7) is 3.83. The molecule has 0 spiro atoms. The summed E-state index contributed by atoms with van der Waals surface area (Å²) in [5.41, 5.74) is 3.33. The van der Waals surface area contributed by atoms with E-state index in [0.29, 0.717) is 52.1 Å². The van der Waals surface area contributed by atoms with Crippen LogP contribution in [0, 0.1) is 10.1 Å². The van der Waals surface area contributed by atoms with Gasteiger partial charge in [0.05, 0.1) is 4.92 Å². The summed E-state index contributed by atoms with van der Waals surface area (Å²) in [5, 5.41) is 11.7. The number of aromatic nitrogens is 2. The van der Waals surface area contributed by atoms with E-state index in [-0.39, 0.29) is 11.6 Å². The molecule has 1 aliphatic heterocycles. The predicted molar refractivity (Wildman–Crippen MR) is 153 cm³/mol. The molecule has 0 aliphatic carbocycles. The Morgan fingerprint density at radius 1 is 0.897 bits per heavy atom. The number of non-ortho nitro benzene ring substituents is 1. The molecular formula is C29H30N6O3S. The van der Waals surface area contributed by atoms with Gasteiger partial charge in [-0.15, -0.1) is 0 Å². The number of anilines is 2. The zero-order valence-electron chi connectivity index (χ0n) is 21.6. The van der Waals surface area contributed by atoms with E-state index in [1.54, 1.807) is 12.1 Å². The van der Waals surface area contributed by atoms with E-state index in [4.69, 9.17) is 4.98 Å². The van der Waals surface area contributed by atoms with E-state index in [9.17, 15) is 14.9 Å². The molecule has 0 radical (unpaired) electrons. The molecule has 0 unspecified atom stereocenters. The summed E-state index contributed by atoms with van der Waals surface area (Å²) >= 11 is 1.38. The van der Waals surface area contributed by atoms with Crippen molar-refractivity contribution in [3.63, 3.8) is 0 Å². The normalized spacial score (nSPS) is 13.3. The molecule has 1 aromatic heterocycles. The number of nitrogens with zero attached hydrogens (tertiary/aromatic N) is 6. The van der Waals surface area contributed by atoms with E-state index >= 15 is 0 Å². The molecule has 0 atom stereocenters. The zero-order chi connectivity index (χ0) is 27.0. The highest BCUT2D eigenvalue weighted by Gasteiger charge is 2.23. The highest BCUT2D eigenvalue weighted by molar-refractivity contribution is 7.09. The molecule has 39 heavy (non-hydrogen) atoms. The number of nitro groups is 1. The van der Waals surface area contributed by atoms with Crippen LogP contribution < -0.4 is 9.80 Å². The lowest BCUT2D eigenvalue weighted by Crippen LogP contribution is -2.49. The highest BCUT2D eigenvalue weighted by atomic mass is 32.1. The third-order valence-corrected chi connectivity index (χ3v) is 7.62. The number of carbonyl (C=O) groups is 1. The van der Waals surface area contributed by atoms with Crippen molar-refractivity contribution < 1.29 is 9.72 Å². The summed E-state index contributed by atoms with van der Waals surface area (Å²) in [4.78, 5) is 34.7. The van der Waals surface area contributed by atoms with Gasteiger partial charge in [-0.05, 0) is 23.3 Å². The number of hydrogen-bond donors (Lipinski definition) is 0. The average Bonchev–Trinajstić information content (AvgIpc) is 3.44. The molecule has 1 amide bonds. The molecule has 0 bridgehead atoms. The molecule has 9 nitrogen and oxygen atoms in total. The predicted octanol–water partition coefficient (Wildman–Crippen LogP) is 4.78. The second kappa shape index (κ2) is 12.5. The van der Waals surface area contributed by atoms with Gasteiger partial charge in [0.15, 0.2) is 0 Å². The van der Waals surface area contributed by atoms with Crippen LogP contribution in [0.3, 0.4) is 0 Å². The monoisotopic (exact) mass is 542 g/mol. The Labute approximate surface area is 231 Å². The second-order valence-corrected chi connectivity index (χ2v) is 10.2.